The number of fused-ring (bicyclic) bond motifs is 1. The van der Waals surface area contributed by atoms with E-state index in [0.29, 0.717) is 6.04 Å². The lowest BCUT2D eigenvalue weighted by Crippen LogP contribution is -2.41. The fraction of sp³-hybridized carbons (Fsp3) is 0.625. The molecule has 2 heteroatoms. The molecule has 0 aromatic heterocycles. The molecule has 1 aliphatic heterocycles. The molecular weight excluding hydrogens is 222 g/mol. The maximum atomic E-state index is 6.19. The van der Waals surface area contributed by atoms with Crippen molar-refractivity contribution < 1.29 is 4.74 Å². The van der Waals surface area contributed by atoms with Gasteiger partial charge in [-0.25, -0.2) is 0 Å². The second-order valence-electron chi connectivity index (χ2n) is 5.66. The lowest BCUT2D eigenvalue weighted by molar-refractivity contribution is 0.0443. The van der Waals surface area contributed by atoms with Crippen molar-refractivity contribution in [2.24, 2.45) is 0 Å². The van der Waals surface area contributed by atoms with E-state index < -0.39 is 0 Å². The fourth-order valence-electron chi connectivity index (χ4n) is 2.60. The molecule has 0 fully saturated rings. The van der Waals surface area contributed by atoms with Crippen LogP contribution in [0.15, 0.2) is 18.2 Å². The number of hydrogen-bond donors (Lipinski definition) is 1. The first-order valence-electron chi connectivity index (χ1n) is 7.11. The van der Waals surface area contributed by atoms with E-state index in [4.69, 9.17) is 4.74 Å². The van der Waals surface area contributed by atoms with Crippen LogP contribution in [0.3, 0.4) is 0 Å². The van der Waals surface area contributed by atoms with Crippen LogP contribution in [0.2, 0.25) is 0 Å². The third-order valence-electron chi connectivity index (χ3n) is 3.92. The quantitative estimate of drug-likeness (QED) is 0.868. The molecule has 1 aromatic carbocycles. The van der Waals surface area contributed by atoms with Gasteiger partial charge in [0.25, 0.3) is 0 Å². The van der Waals surface area contributed by atoms with Gasteiger partial charge in [0.1, 0.15) is 11.4 Å². The summed E-state index contributed by atoms with van der Waals surface area (Å²) in [5.74, 6) is 1.06. The minimum Gasteiger partial charge on any atom is -0.487 e. The maximum Gasteiger partial charge on any atom is 0.124 e. The zero-order valence-electron chi connectivity index (χ0n) is 12.0. The topological polar surface area (TPSA) is 21.3 Å². The largest absolute Gasteiger partial charge is 0.487 e. The number of aryl methyl sites for hydroxylation is 1. The second kappa shape index (κ2) is 5.31. The Hall–Kier alpha value is -1.02. The van der Waals surface area contributed by atoms with Gasteiger partial charge in [-0.15, -0.1) is 0 Å². The Labute approximate surface area is 111 Å². The molecule has 0 saturated carbocycles. The molecule has 2 nitrogen and oxygen atoms in total. The Balaban J connectivity index is 2.31. The lowest BCUT2D eigenvalue weighted by Gasteiger charge is -2.40. The average Bonchev–Trinajstić information content (AvgIpc) is 2.37. The van der Waals surface area contributed by atoms with Gasteiger partial charge in [-0.1, -0.05) is 31.5 Å². The molecule has 1 aromatic rings. The SMILES string of the molecule is CCCNC1CC(C)(CC)Oc2ccc(C)cc21. The van der Waals surface area contributed by atoms with Crippen LogP contribution >= 0.6 is 0 Å². The average molecular weight is 247 g/mol. The maximum absolute atomic E-state index is 6.19. The van der Waals surface area contributed by atoms with Gasteiger partial charge in [-0.3, -0.25) is 0 Å². The zero-order chi connectivity index (χ0) is 13.2. The van der Waals surface area contributed by atoms with Crippen LogP contribution in [0.4, 0.5) is 0 Å². The van der Waals surface area contributed by atoms with E-state index in [2.05, 4.69) is 51.2 Å². The van der Waals surface area contributed by atoms with Crippen molar-refractivity contribution in [2.75, 3.05) is 6.54 Å². The highest BCUT2D eigenvalue weighted by Gasteiger charge is 2.35. The third kappa shape index (κ3) is 2.69. The number of benzene rings is 1. The van der Waals surface area contributed by atoms with Crippen molar-refractivity contribution >= 4 is 0 Å². The predicted molar refractivity (Wildman–Crippen MR) is 76.2 cm³/mol. The summed E-state index contributed by atoms with van der Waals surface area (Å²) >= 11 is 0. The summed E-state index contributed by atoms with van der Waals surface area (Å²) in [6.45, 7) is 9.84. The first kappa shape index (κ1) is 13.4. The molecule has 0 aliphatic carbocycles. The van der Waals surface area contributed by atoms with Gasteiger partial charge >= 0.3 is 0 Å². The van der Waals surface area contributed by atoms with Gasteiger partial charge in [-0.2, -0.15) is 0 Å². The van der Waals surface area contributed by atoms with E-state index >= 15 is 0 Å². The van der Waals surface area contributed by atoms with Crippen molar-refractivity contribution in [2.45, 2.75) is 58.6 Å². The molecule has 0 bridgehead atoms. The Bertz CT molecular complexity index is 416. The predicted octanol–water partition coefficient (Wildman–Crippen LogP) is 3.99. The van der Waals surface area contributed by atoms with Crippen LogP contribution in [0.25, 0.3) is 0 Å². The minimum absolute atomic E-state index is 0.0341. The van der Waals surface area contributed by atoms with E-state index in [0.717, 1.165) is 25.1 Å². The second-order valence-corrected chi connectivity index (χ2v) is 5.66. The van der Waals surface area contributed by atoms with Crippen LogP contribution in [-0.4, -0.2) is 12.1 Å². The van der Waals surface area contributed by atoms with Crippen molar-refractivity contribution in [3.63, 3.8) is 0 Å². The van der Waals surface area contributed by atoms with Gasteiger partial charge < -0.3 is 10.1 Å². The monoisotopic (exact) mass is 247 g/mol. The highest BCUT2D eigenvalue weighted by molar-refractivity contribution is 5.41. The summed E-state index contributed by atoms with van der Waals surface area (Å²) in [5, 5.41) is 3.66. The van der Waals surface area contributed by atoms with Crippen LogP contribution in [0.5, 0.6) is 5.75 Å². The van der Waals surface area contributed by atoms with Gasteiger partial charge in [0, 0.05) is 18.0 Å². The van der Waals surface area contributed by atoms with Gasteiger partial charge in [0.15, 0.2) is 0 Å². The number of nitrogens with one attached hydrogen (secondary N) is 1. The lowest BCUT2D eigenvalue weighted by atomic mass is 9.86. The molecular formula is C16H25NO. The fourth-order valence-corrected chi connectivity index (χ4v) is 2.60. The Kier molecular flexibility index (Phi) is 3.96. The molecule has 2 rings (SSSR count). The first-order valence-corrected chi connectivity index (χ1v) is 7.11. The summed E-state index contributed by atoms with van der Waals surface area (Å²) in [5.41, 5.74) is 2.60. The van der Waals surface area contributed by atoms with E-state index in [1.807, 2.05) is 0 Å². The molecule has 0 saturated heterocycles. The smallest absolute Gasteiger partial charge is 0.124 e. The Morgan fingerprint density at radius 1 is 1.39 bits per heavy atom. The van der Waals surface area contributed by atoms with Gasteiger partial charge in [0.2, 0.25) is 0 Å². The summed E-state index contributed by atoms with van der Waals surface area (Å²) in [4.78, 5) is 0. The van der Waals surface area contributed by atoms with Crippen LogP contribution in [-0.2, 0) is 0 Å². The van der Waals surface area contributed by atoms with Crippen molar-refractivity contribution in [3.05, 3.63) is 29.3 Å². The van der Waals surface area contributed by atoms with Crippen LogP contribution < -0.4 is 10.1 Å². The molecule has 1 heterocycles. The molecule has 2 atom stereocenters. The third-order valence-corrected chi connectivity index (χ3v) is 3.92. The summed E-state index contributed by atoms with van der Waals surface area (Å²) in [7, 11) is 0. The molecule has 2 unspecified atom stereocenters. The van der Waals surface area contributed by atoms with Crippen molar-refractivity contribution in [1.29, 1.82) is 0 Å². The van der Waals surface area contributed by atoms with E-state index in [1.54, 1.807) is 0 Å². The van der Waals surface area contributed by atoms with E-state index in [-0.39, 0.29) is 5.60 Å². The molecule has 0 spiro atoms. The van der Waals surface area contributed by atoms with E-state index in [9.17, 15) is 0 Å². The van der Waals surface area contributed by atoms with Crippen molar-refractivity contribution in [1.82, 2.24) is 5.32 Å². The first-order chi connectivity index (χ1) is 8.58. The summed E-state index contributed by atoms with van der Waals surface area (Å²) in [6, 6.07) is 6.95. The number of rotatable bonds is 4. The molecule has 100 valence electrons. The normalized spacial score (nSPS) is 26.6. The van der Waals surface area contributed by atoms with Crippen molar-refractivity contribution in [3.8, 4) is 5.75 Å². The molecule has 1 N–H and O–H groups in total. The molecule has 18 heavy (non-hydrogen) atoms. The van der Waals surface area contributed by atoms with E-state index in [1.165, 1.54) is 17.5 Å². The Morgan fingerprint density at radius 2 is 2.17 bits per heavy atom. The van der Waals surface area contributed by atoms with Gasteiger partial charge in [0.05, 0.1) is 0 Å². The minimum atomic E-state index is -0.0341. The van der Waals surface area contributed by atoms with Crippen LogP contribution in [0.1, 0.15) is 57.2 Å². The Morgan fingerprint density at radius 3 is 2.83 bits per heavy atom. The summed E-state index contributed by atoms with van der Waals surface area (Å²) in [6.07, 6.45) is 3.27. The highest BCUT2D eigenvalue weighted by atomic mass is 16.5. The summed E-state index contributed by atoms with van der Waals surface area (Å²) < 4.78 is 6.19. The van der Waals surface area contributed by atoms with Crippen LogP contribution in [0, 0.1) is 6.92 Å². The van der Waals surface area contributed by atoms with Gasteiger partial charge in [-0.05, 0) is 39.3 Å². The highest BCUT2D eigenvalue weighted by Crippen LogP contribution is 2.41. The number of hydrogen-bond acceptors (Lipinski definition) is 2. The molecule has 1 aliphatic rings. The standard InChI is InChI=1S/C16H25NO/c1-5-9-17-14-11-16(4,6-2)18-15-8-7-12(3)10-13(14)15/h7-8,10,14,17H,5-6,9,11H2,1-4H3. The number of ether oxygens (including phenoxy) is 1. The molecule has 0 amide bonds. The molecule has 0 radical (unpaired) electrons. The zero-order valence-corrected chi connectivity index (χ0v) is 12.0.